The molecular formula is C16H14N6O3S. The summed E-state index contributed by atoms with van der Waals surface area (Å²) in [5.41, 5.74) is -0.0411. The van der Waals surface area contributed by atoms with Crippen molar-refractivity contribution >= 4 is 39.2 Å². The lowest BCUT2D eigenvalue weighted by molar-refractivity contribution is 0.0684. The van der Waals surface area contributed by atoms with Crippen molar-refractivity contribution in [2.24, 2.45) is 0 Å². The van der Waals surface area contributed by atoms with Gasteiger partial charge in [-0.1, -0.05) is 0 Å². The van der Waals surface area contributed by atoms with Crippen LogP contribution in [0, 0.1) is 0 Å². The Hall–Kier alpha value is -3.14. The summed E-state index contributed by atoms with van der Waals surface area (Å²) in [6, 6.07) is 2.01. The molecule has 132 valence electrons. The highest BCUT2D eigenvalue weighted by Gasteiger charge is 2.25. The molecule has 0 radical (unpaired) electrons. The molecule has 3 aromatic rings. The minimum absolute atomic E-state index is 0.144. The Morgan fingerprint density at radius 3 is 2.42 bits per heavy atom. The van der Waals surface area contributed by atoms with E-state index in [0.29, 0.717) is 26.2 Å². The minimum Gasteiger partial charge on any atom is -0.476 e. The van der Waals surface area contributed by atoms with Gasteiger partial charge in [0.05, 0.1) is 17.8 Å². The molecule has 10 heteroatoms. The molecular weight excluding hydrogens is 356 g/mol. The number of aromatic carboxylic acids is 1. The second-order valence-corrected chi connectivity index (χ2v) is 6.60. The van der Waals surface area contributed by atoms with Crippen LogP contribution in [-0.4, -0.2) is 68.0 Å². The summed E-state index contributed by atoms with van der Waals surface area (Å²) in [4.78, 5) is 44.4. The predicted molar refractivity (Wildman–Crippen MR) is 94.5 cm³/mol. The molecule has 1 amide bonds. The number of hydrogen-bond donors (Lipinski definition) is 1. The third kappa shape index (κ3) is 2.94. The lowest BCUT2D eigenvalue weighted by atomic mass is 10.2. The summed E-state index contributed by atoms with van der Waals surface area (Å²) < 4.78 is 0. The highest BCUT2D eigenvalue weighted by Crippen LogP contribution is 2.27. The molecule has 3 aromatic heterocycles. The van der Waals surface area contributed by atoms with Gasteiger partial charge >= 0.3 is 5.97 Å². The van der Waals surface area contributed by atoms with E-state index >= 15 is 0 Å². The molecule has 0 saturated carbocycles. The summed E-state index contributed by atoms with van der Waals surface area (Å²) >= 11 is 1.57. The molecule has 1 fully saturated rings. The van der Waals surface area contributed by atoms with Gasteiger partial charge in [0.1, 0.15) is 22.7 Å². The molecule has 0 bridgehead atoms. The topological polar surface area (TPSA) is 112 Å². The maximum atomic E-state index is 12.5. The van der Waals surface area contributed by atoms with Crippen molar-refractivity contribution in [2.75, 3.05) is 31.1 Å². The van der Waals surface area contributed by atoms with E-state index in [1.807, 2.05) is 11.4 Å². The second-order valence-electron chi connectivity index (χ2n) is 5.71. The van der Waals surface area contributed by atoms with Crippen LogP contribution >= 0.6 is 11.3 Å². The monoisotopic (exact) mass is 370 g/mol. The van der Waals surface area contributed by atoms with Crippen LogP contribution in [0.3, 0.4) is 0 Å². The zero-order valence-electron chi connectivity index (χ0n) is 13.6. The highest BCUT2D eigenvalue weighted by molar-refractivity contribution is 7.16. The number of hydrogen-bond acceptors (Lipinski definition) is 8. The van der Waals surface area contributed by atoms with Crippen molar-refractivity contribution in [1.82, 2.24) is 24.8 Å². The van der Waals surface area contributed by atoms with Gasteiger partial charge in [-0.05, 0) is 11.4 Å². The van der Waals surface area contributed by atoms with Gasteiger partial charge < -0.3 is 14.9 Å². The number of piperazine rings is 1. The number of aromatic nitrogens is 4. The third-order valence-corrected chi connectivity index (χ3v) is 5.02. The molecule has 1 aliphatic rings. The van der Waals surface area contributed by atoms with Crippen LogP contribution in [-0.2, 0) is 0 Å². The quantitative estimate of drug-likeness (QED) is 0.730. The molecule has 1 N–H and O–H groups in total. The number of rotatable bonds is 3. The molecule has 4 rings (SSSR count). The van der Waals surface area contributed by atoms with Crippen molar-refractivity contribution in [3.05, 3.63) is 41.6 Å². The molecule has 0 aromatic carbocycles. The number of carboxylic acid groups (broad SMARTS) is 1. The average molecular weight is 370 g/mol. The van der Waals surface area contributed by atoms with Crippen molar-refractivity contribution < 1.29 is 14.7 Å². The van der Waals surface area contributed by atoms with E-state index in [1.54, 1.807) is 22.6 Å². The first kappa shape index (κ1) is 16.3. The molecule has 0 atom stereocenters. The minimum atomic E-state index is -1.17. The van der Waals surface area contributed by atoms with Crippen molar-refractivity contribution in [3.63, 3.8) is 0 Å². The van der Waals surface area contributed by atoms with E-state index in [-0.39, 0.29) is 17.3 Å². The normalized spacial score (nSPS) is 14.6. The first-order valence-electron chi connectivity index (χ1n) is 7.91. The fraction of sp³-hybridized carbons (Fsp3) is 0.250. The molecule has 0 aliphatic carbocycles. The lowest BCUT2D eigenvalue weighted by Gasteiger charge is -2.35. The Balaban J connectivity index is 1.45. The Morgan fingerprint density at radius 2 is 1.73 bits per heavy atom. The van der Waals surface area contributed by atoms with Gasteiger partial charge in [0.15, 0.2) is 5.69 Å². The smallest absolute Gasteiger partial charge is 0.356 e. The molecule has 0 spiro atoms. The Morgan fingerprint density at radius 1 is 1.00 bits per heavy atom. The summed E-state index contributed by atoms with van der Waals surface area (Å²) in [6.07, 6.45) is 3.86. The van der Waals surface area contributed by atoms with Crippen molar-refractivity contribution in [3.8, 4) is 0 Å². The molecule has 9 nitrogen and oxygen atoms in total. The van der Waals surface area contributed by atoms with Gasteiger partial charge in [-0.3, -0.25) is 4.79 Å². The van der Waals surface area contributed by atoms with Crippen LogP contribution in [0.1, 0.15) is 21.0 Å². The number of carbonyl (C=O) groups is 2. The van der Waals surface area contributed by atoms with E-state index in [1.165, 1.54) is 6.20 Å². The molecule has 26 heavy (non-hydrogen) atoms. The maximum Gasteiger partial charge on any atom is 0.356 e. The number of anilines is 1. The van der Waals surface area contributed by atoms with Gasteiger partial charge in [0.25, 0.3) is 5.91 Å². The Labute approximate surface area is 152 Å². The molecule has 4 heterocycles. The summed E-state index contributed by atoms with van der Waals surface area (Å²) in [5.74, 6) is -0.541. The third-order valence-electron chi connectivity index (χ3n) is 4.20. The average Bonchev–Trinajstić information content (AvgIpc) is 3.16. The zero-order chi connectivity index (χ0) is 18.1. The fourth-order valence-electron chi connectivity index (χ4n) is 2.86. The first-order valence-corrected chi connectivity index (χ1v) is 8.79. The van der Waals surface area contributed by atoms with Crippen LogP contribution in [0.5, 0.6) is 0 Å². The van der Waals surface area contributed by atoms with Gasteiger partial charge in [0, 0.05) is 26.2 Å². The van der Waals surface area contributed by atoms with E-state index in [9.17, 15) is 9.59 Å². The maximum absolute atomic E-state index is 12.5. The number of thiophene rings is 1. The Kier molecular flexibility index (Phi) is 4.17. The summed E-state index contributed by atoms with van der Waals surface area (Å²) in [5, 5.41) is 11.9. The van der Waals surface area contributed by atoms with Crippen LogP contribution in [0.25, 0.3) is 10.2 Å². The van der Waals surface area contributed by atoms with Crippen LogP contribution in [0.2, 0.25) is 0 Å². The van der Waals surface area contributed by atoms with Crippen molar-refractivity contribution in [2.45, 2.75) is 0 Å². The van der Waals surface area contributed by atoms with Gasteiger partial charge in [0.2, 0.25) is 0 Å². The highest BCUT2D eigenvalue weighted by atomic mass is 32.1. The van der Waals surface area contributed by atoms with Gasteiger partial charge in [-0.15, -0.1) is 11.3 Å². The van der Waals surface area contributed by atoms with Gasteiger partial charge in [-0.25, -0.2) is 24.7 Å². The zero-order valence-corrected chi connectivity index (χ0v) is 14.4. The molecule has 1 saturated heterocycles. The fourth-order valence-corrected chi connectivity index (χ4v) is 3.59. The van der Waals surface area contributed by atoms with E-state index in [2.05, 4.69) is 24.8 Å². The number of amides is 1. The van der Waals surface area contributed by atoms with Crippen LogP contribution in [0.15, 0.2) is 30.2 Å². The van der Waals surface area contributed by atoms with E-state index in [4.69, 9.17) is 5.11 Å². The van der Waals surface area contributed by atoms with Crippen LogP contribution < -0.4 is 4.90 Å². The van der Waals surface area contributed by atoms with Crippen LogP contribution in [0.4, 0.5) is 5.82 Å². The predicted octanol–water partition coefficient (Wildman–Crippen LogP) is 1.14. The number of carboxylic acids is 1. The van der Waals surface area contributed by atoms with Crippen molar-refractivity contribution in [1.29, 1.82) is 0 Å². The van der Waals surface area contributed by atoms with E-state index in [0.717, 1.165) is 22.2 Å². The largest absolute Gasteiger partial charge is 0.476 e. The Bertz CT molecular complexity index is 966. The van der Waals surface area contributed by atoms with E-state index < -0.39 is 5.97 Å². The second kappa shape index (κ2) is 6.64. The molecule has 1 aliphatic heterocycles. The first-order chi connectivity index (χ1) is 12.6. The van der Waals surface area contributed by atoms with Gasteiger partial charge in [-0.2, -0.15) is 0 Å². The summed E-state index contributed by atoms with van der Waals surface area (Å²) in [6.45, 7) is 2.34. The summed E-state index contributed by atoms with van der Waals surface area (Å²) in [7, 11) is 0. The number of nitrogens with zero attached hydrogens (tertiary/aromatic N) is 6. The standard InChI is InChI=1S/C16H14N6O3S/c23-15(11-7-18-12(8-17-11)16(24)25)22-4-2-21(3-5-22)13-10-1-6-26-14(10)20-9-19-13/h1,6-9H,2-5H2,(H,24,25). The molecule has 0 unspecified atom stereocenters. The SMILES string of the molecule is O=C(O)c1cnc(C(=O)N2CCN(c3ncnc4sccc34)CC2)cn1. The number of fused-ring (bicyclic) bond motifs is 1. The number of carbonyl (C=O) groups excluding carboxylic acids is 1. The lowest BCUT2D eigenvalue weighted by Crippen LogP contribution is -2.49.